The predicted molar refractivity (Wildman–Crippen MR) is 82.7 cm³/mol. The van der Waals surface area contributed by atoms with Crippen LogP contribution in [-0.4, -0.2) is 22.6 Å². The van der Waals surface area contributed by atoms with Gasteiger partial charge in [-0.3, -0.25) is 4.79 Å². The van der Waals surface area contributed by atoms with Gasteiger partial charge in [0.25, 0.3) is 0 Å². The second-order valence-corrected chi connectivity index (χ2v) is 7.36. The SMILES string of the molecule is CC(C)(C)C(CCNc1nc(Br)cs1)CCC(=O)O. The van der Waals surface area contributed by atoms with Crippen molar-refractivity contribution in [1.29, 1.82) is 0 Å². The van der Waals surface area contributed by atoms with Crippen LogP contribution >= 0.6 is 27.3 Å². The quantitative estimate of drug-likeness (QED) is 0.773. The average molecular weight is 349 g/mol. The molecule has 4 nitrogen and oxygen atoms in total. The topological polar surface area (TPSA) is 62.2 Å². The number of thiazole rings is 1. The summed E-state index contributed by atoms with van der Waals surface area (Å²) >= 11 is 4.88. The van der Waals surface area contributed by atoms with E-state index in [1.807, 2.05) is 5.38 Å². The van der Waals surface area contributed by atoms with Crippen LogP contribution in [-0.2, 0) is 4.79 Å². The summed E-state index contributed by atoms with van der Waals surface area (Å²) in [6, 6.07) is 0. The van der Waals surface area contributed by atoms with Gasteiger partial charge < -0.3 is 10.4 Å². The Hall–Kier alpha value is -0.620. The Morgan fingerprint density at radius 3 is 2.68 bits per heavy atom. The molecule has 0 saturated carbocycles. The normalized spacial score (nSPS) is 13.3. The fourth-order valence-corrected chi connectivity index (χ4v) is 3.17. The van der Waals surface area contributed by atoms with Crippen LogP contribution in [0.1, 0.15) is 40.0 Å². The highest BCUT2D eigenvalue weighted by Crippen LogP contribution is 2.32. The Bertz CT molecular complexity index is 415. The molecule has 1 atom stereocenters. The van der Waals surface area contributed by atoms with Crippen molar-refractivity contribution in [2.24, 2.45) is 11.3 Å². The molecule has 0 aromatic carbocycles. The fourth-order valence-electron chi connectivity index (χ4n) is 2.00. The minimum atomic E-state index is -0.717. The second kappa shape index (κ2) is 7.24. The van der Waals surface area contributed by atoms with E-state index in [1.54, 1.807) is 11.3 Å². The van der Waals surface area contributed by atoms with Crippen LogP contribution in [0.15, 0.2) is 9.98 Å². The highest BCUT2D eigenvalue weighted by molar-refractivity contribution is 9.10. The summed E-state index contributed by atoms with van der Waals surface area (Å²) in [5.41, 5.74) is 0.126. The fraction of sp³-hybridized carbons (Fsp3) is 0.692. The van der Waals surface area contributed by atoms with E-state index in [-0.39, 0.29) is 11.8 Å². The lowest BCUT2D eigenvalue weighted by Crippen LogP contribution is -2.24. The molecule has 6 heteroatoms. The van der Waals surface area contributed by atoms with Gasteiger partial charge in [-0.15, -0.1) is 11.3 Å². The number of carbonyl (C=O) groups is 1. The van der Waals surface area contributed by atoms with Gasteiger partial charge in [-0.05, 0) is 40.1 Å². The molecular formula is C13H21BrN2O2S. The van der Waals surface area contributed by atoms with E-state index >= 15 is 0 Å². The van der Waals surface area contributed by atoms with Gasteiger partial charge in [0.05, 0.1) is 0 Å². The Balaban J connectivity index is 2.42. The second-order valence-electron chi connectivity index (χ2n) is 5.69. The number of nitrogens with one attached hydrogen (secondary N) is 1. The summed E-state index contributed by atoms with van der Waals surface area (Å²) in [4.78, 5) is 15.0. The minimum absolute atomic E-state index is 0.126. The molecule has 0 aliphatic heterocycles. The minimum Gasteiger partial charge on any atom is -0.481 e. The van der Waals surface area contributed by atoms with Gasteiger partial charge in [-0.2, -0.15) is 0 Å². The average Bonchev–Trinajstić information content (AvgIpc) is 2.67. The van der Waals surface area contributed by atoms with E-state index < -0.39 is 5.97 Å². The smallest absolute Gasteiger partial charge is 0.303 e. The third-order valence-corrected chi connectivity index (χ3v) is 4.69. The van der Waals surface area contributed by atoms with E-state index in [1.165, 1.54) is 0 Å². The molecular weight excluding hydrogens is 328 g/mol. The summed E-state index contributed by atoms with van der Waals surface area (Å²) in [5, 5.41) is 14.9. The van der Waals surface area contributed by atoms with Crippen molar-refractivity contribution in [2.75, 3.05) is 11.9 Å². The van der Waals surface area contributed by atoms with E-state index in [0.717, 1.165) is 29.1 Å². The molecule has 1 heterocycles. The van der Waals surface area contributed by atoms with Gasteiger partial charge in [0.1, 0.15) is 4.60 Å². The number of hydrogen-bond acceptors (Lipinski definition) is 4. The lowest BCUT2D eigenvalue weighted by atomic mass is 9.76. The number of carboxylic acids is 1. The van der Waals surface area contributed by atoms with Gasteiger partial charge >= 0.3 is 5.97 Å². The van der Waals surface area contributed by atoms with Gasteiger partial charge in [-0.1, -0.05) is 20.8 Å². The van der Waals surface area contributed by atoms with Crippen molar-refractivity contribution in [3.05, 3.63) is 9.98 Å². The molecule has 0 aliphatic carbocycles. The van der Waals surface area contributed by atoms with Crippen molar-refractivity contribution < 1.29 is 9.90 Å². The molecule has 0 radical (unpaired) electrons. The monoisotopic (exact) mass is 348 g/mol. The number of halogens is 1. The molecule has 0 aliphatic rings. The number of carboxylic acid groups (broad SMARTS) is 1. The van der Waals surface area contributed by atoms with Crippen molar-refractivity contribution in [2.45, 2.75) is 40.0 Å². The summed E-state index contributed by atoms with van der Waals surface area (Å²) in [6.45, 7) is 7.32. The zero-order valence-electron chi connectivity index (χ0n) is 11.6. The van der Waals surface area contributed by atoms with Crippen LogP contribution in [0.3, 0.4) is 0 Å². The standard InChI is InChI=1S/C13H21BrN2O2S/c1-13(2,3)9(4-5-11(17)18)6-7-15-12-16-10(14)8-19-12/h8-9H,4-7H2,1-3H3,(H,15,16)(H,17,18). The number of rotatable bonds is 7. The molecule has 0 saturated heterocycles. The highest BCUT2D eigenvalue weighted by atomic mass is 79.9. The first-order chi connectivity index (χ1) is 8.79. The van der Waals surface area contributed by atoms with E-state index in [4.69, 9.17) is 5.11 Å². The first-order valence-corrected chi connectivity index (χ1v) is 8.03. The zero-order chi connectivity index (χ0) is 14.5. The number of aliphatic carboxylic acids is 1. The molecule has 0 amide bonds. The van der Waals surface area contributed by atoms with Crippen LogP contribution in [0, 0.1) is 11.3 Å². The molecule has 0 bridgehead atoms. The summed E-state index contributed by atoms with van der Waals surface area (Å²) in [5.74, 6) is -0.328. The zero-order valence-corrected chi connectivity index (χ0v) is 14.0. The summed E-state index contributed by atoms with van der Waals surface area (Å²) in [6.07, 6.45) is 1.92. The number of aromatic nitrogens is 1. The third-order valence-electron chi connectivity index (χ3n) is 3.18. The maximum atomic E-state index is 10.7. The van der Waals surface area contributed by atoms with Crippen molar-refractivity contribution in [3.63, 3.8) is 0 Å². The largest absolute Gasteiger partial charge is 0.481 e. The molecule has 2 N–H and O–H groups in total. The Kier molecular flexibility index (Phi) is 6.26. The Morgan fingerprint density at radius 1 is 1.53 bits per heavy atom. The first-order valence-electron chi connectivity index (χ1n) is 6.35. The molecule has 0 fully saturated rings. The lowest BCUT2D eigenvalue weighted by molar-refractivity contribution is -0.137. The van der Waals surface area contributed by atoms with Crippen LogP contribution in [0.4, 0.5) is 5.13 Å². The van der Waals surface area contributed by atoms with Crippen LogP contribution < -0.4 is 5.32 Å². The number of anilines is 1. The Labute approximate surface area is 126 Å². The van der Waals surface area contributed by atoms with Crippen molar-refractivity contribution in [3.8, 4) is 0 Å². The molecule has 1 rings (SSSR count). The maximum Gasteiger partial charge on any atom is 0.303 e. The van der Waals surface area contributed by atoms with E-state index in [0.29, 0.717) is 5.92 Å². The van der Waals surface area contributed by atoms with Crippen LogP contribution in [0.25, 0.3) is 0 Å². The molecule has 19 heavy (non-hydrogen) atoms. The van der Waals surface area contributed by atoms with E-state index in [2.05, 4.69) is 47.0 Å². The number of hydrogen-bond donors (Lipinski definition) is 2. The van der Waals surface area contributed by atoms with E-state index in [9.17, 15) is 4.79 Å². The summed E-state index contributed by atoms with van der Waals surface area (Å²) in [7, 11) is 0. The van der Waals surface area contributed by atoms with Gasteiger partial charge in [0.2, 0.25) is 0 Å². The van der Waals surface area contributed by atoms with Gasteiger partial charge in [0.15, 0.2) is 5.13 Å². The number of nitrogens with zero attached hydrogens (tertiary/aromatic N) is 1. The van der Waals surface area contributed by atoms with Crippen LogP contribution in [0.5, 0.6) is 0 Å². The molecule has 0 spiro atoms. The molecule has 1 aromatic rings. The Morgan fingerprint density at radius 2 is 2.21 bits per heavy atom. The first kappa shape index (κ1) is 16.4. The molecule has 108 valence electrons. The van der Waals surface area contributed by atoms with Crippen molar-refractivity contribution >= 4 is 38.4 Å². The third kappa shape index (κ3) is 6.38. The van der Waals surface area contributed by atoms with Gasteiger partial charge in [0, 0.05) is 18.3 Å². The maximum absolute atomic E-state index is 10.7. The predicted octanol–water partition coefficient (Wildman–Crippen LogP) is 4.23. The molecule has 1 aromatic heterocycles. The van der Waals surface area contributed by atoms with Gasteiger partial charge in [-0.25, -0.2) is 4.98 Å². The van der Waals surface area contributed by atoms with Crippen molar-refractivity contribution in [1.82, 2.24) is 4.98 Å². The van der Waals surface area contributed by atoms with Crippen LogP contribution in [0.2, 0.25) is 0 Å². The molecule has 1 unspecified atom stereocenters. The highest BCUT2D eigenvalue weighted by Gasteiger charge is 2.24. The summed E-state index contributed by atoms with van der Waals surface area (Å²) < 4.78 is 0.846. The lowest BCUT2D eigenvalue weighted by Gasteiger charge is -2.30.